The number of aromatic carboxylic acids is 1. The summed E-state index contributed by atoms with van der Waals surface area (Å²) in [6.07, 6.45) is 0. The van der Waals surface area contributed by atoms with Crippen LogP contribution in [0.25, 0.3) is 0 Å². The molecule has 10 heteroatoms. The Balaban J connectivity index is 0. The lowest BCUT2D eigenvalue weighted by Gasteiger charge is -1.98. The molecular weight excluding hydrogens is 390 g/mol. The van der Waals surface area contributed by atoms with Gasteiger partial charge in [0.25, 0.3) is 5.24 Å². The van der Waals surface area contributed by atoms with Crippen LogP contribution in [0.15, 0.2) is 24.3 Å². The lowest BCUT2D eigenvalue weighted by Crippen LogP contribution is -2.04. The summed E-state index contributed by atoms with van der Waals surface area (Å²) in [7, 11) is 0. The van der Waals surface area contributed by atoms with Gasteiger partial charge < -0.3 is 5.11 Å². The molecule has 0 saturated heterocycles. The molecule has 2 aromatic carbocycles. The lowest BCUT2D eigenvalue weighted by atomic mass is 10.2. The number of hydrogen-bond donors (Lipinski definition) is 1. The van der Waals surface area contributed by atoms with E-state index in [2.05, 4.69) is 0 Å². The summed E-state index contributed by atoms with van der Waals surface area (Å²) in [4.78, 5) is 20.5. The Kier molecular flexibility index (Phi) is 10.3. The Morgan fingerprint density at radius 3 is 1.38 bits per heavy atom. The smallest absolute Gasteiger partial charge is 0.338 e. The molecule has 0 radical (unpaired) electrons. The summed E-state index contributed by atoms with van der Waals surface area (Å²) in [5, 5.41) is 7.09. The molecule has 0 heterocycles. The van der Waals surface area contributed by atoms with Gasteiger partial charge in [0, 0.05) is 0 Å². The van der Waals surface area contributed by atoms with Gasteiger partial charge in [-0.15, -0.1) is 0 Å². The second-order valence-corrected chi connectivity index (χ2v) is 4.37. The Bertz CT molecular complexity index is 744. The highest BCUT2D eigenvalue weighted by molar-refractivity contribution is 6.67. The van der Waals surface area contributed by atoms with Crippen LogP contribution < -0.4 is 0 Å². The minimum atomic E-state index is -1.77. The van der Waals surface area contributed by atoms with E-state index >= 15 is 0 Å². The standard InChI is InChI=1S/C7H2ClF3O.C7H3F3O2.2CH4/c8-7(12)3-1-2-4(9)6(11)5(3)10;8-4-2-1-3(7(11)12)5(9)6(4)10;;/h1-2H;1-2H,(H,11,12);2*1H4. The number of hydrogen-bond acceptors (Lipinski definition) is 2. The summed E-state index contributed by atoms with van der Waals surface area (Å²) in [6.45, 7) is 0. The van der Waals surface area contributed by atoms with Gasteiger partial charge in [-0.1, -0.05) is 14.9 Å². The predicted octanol–water partition coefficient (Wildman–Crippen LogP) is 5.56. The molecule has 2 rings (SSSR count). The van der Waals surface area contributed by atoms with E-state index < -0.39 is 57.2 Å². The molecule has 1 N–H and O–H groups in total. The van der Waals surface area contributed by atoms with Crippen LogP contribution in [-0.2, 0) is 0 Å². The third-order valence-electron chi connectivity index (χ3n) is 2.51. The van der Waals surface area contributed by atoms with Crippen LogP contribution in [0.2, 0.25) is 0 Å². The molecule has 144 valence electrons. The summed E-state index contributed by atoms with van der Waals surface area (Å²) in [6, 6.07) is 2.63. The third-order valence-corrected chi connectivity index (χ3v) is 2.72. The van der Waals surface area contributed by atoms with E-state index in [1.165, 1.54) is 0 Å². The predicted molar refractivity (Wildman–Crippen MR) is 83.2 cm³/mol. The first kappa shape index (κ1) is 25.7. The van der Waals surface area contributed by atoms with E-state index in [1.54, 1.807) is 0 Å². The SMILES string of the molecule is C.C.O=C(Cl)c1ccc(F)c(F)c1F.O=C(O)c1ccc(F)c(F)c1F. The Morgan fingerprint density at radius 2 is 1.04 bits per heavy atom. The van der Waals surface area contributed by atoms with Crippen LogP contribution in [0.5, 0.6) is 0 Å². The van der Waals surface area contributed by atoms with Gasteiger partial charge in [-0.25, -0.2) is 31.1 Å². The Labute approximate surface area is 149 Å². The van der Waals surface area contributed by atoms with Crippen LogP contribution >= 0.6 is 11.6 Å². The van der Waals surface area contributed by atoms with Gasteiger partial charge in [0.2, 0.25) is 0 Å². The Morgan fingerprint density at radius 1 is 0.692 bits per heavy atom. The van der Waals surface area contributed by atoms with Crippen molar-refractivity contribution < 1.29 is 41.0 Å². The fourth-order valence-corrected chi connectivity index (χ4v) is 1.51. The van der Waals surface area contributed by atoms with E-state index in [-0.39, 0.29) is 14.9 Å². The fourth-order valence-electron chi connectivity index (χ4n) is 1.37. The summed E-state index contributed by atoms with van der Waals surface area (Å²) < 4.78 is 74.3. The minimum Gasteiger partial charge on any atom is -0.478 e. The number of benzene rings is 2. The molecule has 0 amide bonds. The molecular formula is C16H13ClF6O3. The van der Waals surface area contributed by atoms with Gasteiger partial charge >= 0.3 is 5.97 Å². The average molecular weight is 403 g/mol. The fraction of sp³-hybridized carbons (Fsp3) is 0.125. The van der Waals surface area contributed by atoms with Crippen LogP contribution in [-0.4, -0.2) is 16.3 Å². The molecule has 0 saturated carbocycles. The lowest BCUT2D eigenvalue weighted by molar-refractivity contribution is 0.0690. The number of carbonyl (C=O) groups excluding carboxylic acids is 1. The molecule has 0 aliphatic heterocycles. The normalized spacial score (nSPS) is 9.19. The van der Waals surface area contributed by atoms with Gasteiger partial charge in [0.05, 0.1) is 11.1 Å². The summed E-state index contributed by atoms with van der Waals surface area (Å²) in [5.74, 6) is -11.1. The van der Waals surface area contributed by atoms with Crippen molar-refractivity contribution in [3.63, 3.8) is 0 Å². The van der Waals surface area contributed by atoms with Crippen molar-refractivity contribution in [2.24, 2.45) is 0 Å². The van der Waals surface area contributed by atoms with E-state index in [1.807, 2.05) is 0 Å². The molecule has 2 aromatic rings. The zero-order valence-electron chi connectivity index (χ0n) is 11.2. The minimum absolute atomic E-state index is 0. The first-order valence-corrected chi connectivity index (χ1v) is 6.15. The third kappa shape index (κ3) is 5.76. The van der Waals surface area contributed by atoms with E-state index in [4.69, 9.17) is 16.7 Å². The zero-order chi connectivity index (χ0) is 18.6. The molecule has 0 fully saturated rings. The van der Waals surface area contributed by atoms with E-state index in [0.29, 0.717) is 18.2 Å². The number of carboxylic acid groups (broad SMARTS) is 1. The van der Waals surface area contributed by atoms with Gasteiger partial charge in [0.1, 0.15) is 0 Å². The maximum atomic E-state index is 12.6. The molecule has 0 atom stereocenters. The quantitative estimate of drug-likeness (QED) is 0.406. The maximum Gasteiger partial charge on any atom is 0.338 e. The summed E-state index contributed by atoms with van der Waals surface area (Å²) >= 11 is 4.86. The average Bonchev–Trinajstić information content (AvgIpc) is 2.50. The van der Waals surface area contributed by atoms with Crippen LogP contribution in [0.3, 0.4) is 0 Å². The number of halogens is 7. The first-order valence-electron chi connectivity index (χ1n) is 5.78. The molecule has 3 nitrogen and oxygen atoms in total. The van der Waals surface area contributed by atoms with Crippen molar-refractivity contribution >= 4 is 22.8 Å². The van der Waals surface area contributed by atoms with Gasteiger partial charge in [-0.3, -0.25) is 4.79 Å². The topological polar surface area (TPSA) is 54.4 Å². The van der Waals surface area contributed by atoms with E-state index in [9.17, 15) is 35.9 Å². The van der Waals surface area contributed by atoms with Crippen molar-refractivity contribution in [1.82, 2.24) is 0 Å². The second kappa shape index (κ2) is 10.4. The molecule has 26 heavy (non-hydrogen) atoms. The number of rotatable bonds is 2. The first-order chi connectivity index (χ1) is 11.1. The van der Waals surface area contributed by atoms with E-state index in [0.717, 1.165) is 6.07 Å². The zero-order valence-corrected chi connectivity index (χ0v) is 12.0. The molecule has 0 spiro atoms. The largest absolute Gasteiger partial charge is 0.478 e. The van der Waals surface area contributed by atoms with Crippen molar-refractivity contribution in [2.75, 3.05) is 0 Å². The number of carbonyl (C=O) groups is 2. The highest BCUT2D eigenvalue weighted by Crippen LogP contribution is 2.16. The molecule has 0 bridgehead atoms. The van der Waals surface area contributed by atoms with Gasteiger partial charge in [-0.2, -0.15) is 0 Å². The molecule has 0 aliphatic rings. The van der Waals surface area contributed by atoms with Crippen molar-refractivity contribution in [3.8, 4) is 0 Å². The Hall–Kier alpha value is -2.55. The molecule has 0 aromatic heterocycles. The van der Waals surface area contributed by atoms with Crippen LogP contribution in [0, 0.1) is 34.9 Å². The van der Waals surface area contributed by atoms with Crippen molar-refractivity contribution in [2.45, 2.75) is 14.9 Å². The number of carboxylic acids is 1. The summed E-state index contributed by atoms with van der Waals surface area (Å²) in [5.41, 5.74) is -1.55. The van der Waals surface area contributed by atoms with Crippen molar-refractivity contribution in [1.29, 1.82) is 0 Å². The van der Waals surface area contributed by atoms with Gasteiger partial charge in [-0.05, 0) is 35.9 Å². The highest BCUT2D eigenvalue weighted by Gasteiger charge is 2.18. The molecule has 0 aliphatic carbocycles. The van der Waals surface area contributed by atoms with Crippen LogP contribution in [0.1, 0.15) is 35.6 Å². The molecule has 0 unspecified atom stereocenters. The van der Waals surface area contributed by atoms with Crippen molar-refractivity contribution in [3.05, 3.63) is 70.3 Å². The van der Waals surface area contributed by atoms with Crippen LogP contribution in [0.4, 0.5) is 26.3 Å². The highest BCUT2D eigenvalue weighted by atomic mass is 35.5. The second-order valence-electron chi connectivity index (χ2n) is 4.02. The monoisotopic (exact) mass is 402 g/mol. The van der Waals surface area contributed by atoms with Gasteiger partial charge in [0.15, 0.2) is 34.9 Å². The maximum absolute atomic E-state index is 12.6.